The van der Waals surface area contributed by atoms with E-state index in [2.05, 4.69) is 10.3 Å². The average molecular weight is 405 g/mol. The summed E-state index contributed by atoms with van der Waals surface area (Å²) in [5.41, 5.74) is 0.805. The molecular weight excluding hydrogens is 383 g/mol. The molecule has 1 aromatic carbocycles. The summed E-state index contributed by atoms with van der Waals surface area (Å²) in [6.45, 7) is 0.728. The predicted octanol–water partition coefficient (Wildman–Crippen LogP) is 3.80. The van der Waals surface area contributed by atoms with Gasteiger partial charge in [-0.25, -0.2) is 0 Å². The topological polar surface area (TPSA) is 54.5 Å². The minimum Gasteiger partial charge on any atom is -0.494 e. The summed E-state index contributed by atoms with van der Waals surface area (Å²) in [6.07, 6.45) is -0.525. The number of nitrogens with one attached hydrogen (secondary N) is 1. The number of likely N-dealkylation sites (N-methyl/N-ethyl adjacent to an activating group) is 1. The summed E-state index contributed by atoms with van der Waals surface area (Å²) in [7, 11) is 3.31. The zero-order chi connectivity index (χ0) is 20.8. The van der Waals surface area contributed by atoms with E-state index >= 15 is 0 Å². The number of hydrogen-bond donors (Lipinski definition) is 1. The minimum atomic E-state index is -4.38. The molecule has 8 heteroatoms. The second-order valence-electron chi connectivity index (χ2n) is 7.68. The largest absolute Gasteiger partial charge is 0.494 e. The molecule has 0 bridgehead atoms. The van der Waals surface area contributed by atoms with Crippen LogP contribution in [0.4, 0.5) is 13.2 Å². The van der Waals surface area contributed by atoms with Gasteiger partial charge in [-0.3, -0.25) is 15.1 Å². The number of hydrogen-bond acceptors (Lipinski definition) is 4. The Morgan fingerprint density at radius 2 is 1.97 bits per heavy atom. The summed E-state index contributed by atoms with van der Waals surface area (Å²) >= 11 is 0. The first-order valence-electron chi connectivity index (χ1n) is 9.48. The number of aromatic nitrogens is 1. The standard InChI is InChI=1S/C21H22F3N3O2/c1-27-10-9-20(19(27)28)8-7-16(26-20)17-11-15(18(29-2)12-25-17)13-3-5-14(6-4-13)21(22,23)24/h3-6,11-12,16,26H,7-10H2,1-2H3/t16-,20+/m1/s1. The third-order valence-electron chi connectivity index (χ3n) is 5.93. The maximum atomic E-state index is 12.9. The number of carbonyl (C=O) groups is 1. The lowest BCUT2D eigenvalue weighted by atomic mass is 9.96. The Morgan fingerprint density at radius 1 is 1.24 bits per heavy atom. The first kappa shape index (κ1) is 19.7. The Morgan fingerprint density at radius 3 is 2.55 bits per heavy atom. The Hall–Kier alpha value is -2.61. The minimum absolute atomic E-state index is 0.0930. The fourth-order valence-electron chi connectivity index (χ4n) is 4.27. The molecule has 2 atom stereocenters. The van der Waals surface area contributed by atoms with Crippen molar-refractivity contribution in [2.24, 2.45) is 0 Å². The molecule has 3 heterocycles. The normalized spacial score (nSPS) is 24.5. The summed E-state index contributed by atoms with van der Waals surface area (Å²) < 4.78 is 44.0. The number of amides is 1. The molecule has 2 aromatic rings. The highest BCUT2D eigenvalue weighted by Gasteiger charge is 2.50. The van der Waals surface area contributed by atoms with Crippen LogP contribution in [0.25, 0.3) is 11.1 Å². The molecule has 5 nitrogen and oxygen atoms in total. The van der Waals surface area contributed by atoms with E-state index in [0.717, 1.165) is 43.6 Å². The molecule has 2 aliphatic heterocycles. The van der Waals surface area contributed by atoms with Crippen LogP contribution in [0.3, 0.4) is 0 Å². The van der Waals surface area contributed by atoms with Crippen molar-refractivity contribution in [3.8, 4) is 16.9 Å². The maximum absolute atomic E-state index is 12.9. The van der Waals surface area contributed by atoms with E-state index in [1.807, 2.05) is 6.07 Å². The van der Waals surface area contributed by atoms with Gasteiger partial charge in [-0.15, -0.1) is 0 Å². The highest BCUT2D eigenvalue weighted by molar-refractivity contribution is 5.88. The van der Waals surface area contributed by atoms with Gasteiger partial charge in [0.05, 0.1) is 30.6 Å². The van der Waals surface area contributed by atoms with Crippen molar-refractivity contribution in [3.63, 3.8) is 0 Å². The number of ether oxygens (including phenoxy) is 1. The molecule has 0 radical (unpaired) electrons. The monoisotopic (exact) mass is 405 g/mol. The molecule has 1 amide bonds. The SMILES string of the molecule is COc1cnc([C@H]2CC[C@@]3(CCN(C)C3=O)N2)cc1-c1ccc(C(F)(F)F)cc1. The lowest BCUT2D eigenvalue weighted by Gasteiger charge is -2.23. The van der Waals surface area contributed by atoms with Gasteiger partial charge in [0.1, 0.15) is 11.3 Å². The third kappa shape index (κ3) is 3.46. The molecule has 1 aromatic heterocycles. The molecule has 0 unspecified atom stereocenters. The van der Waals surface area contributed by atoms with Crippen LogP contribution in [0.15, 0.2) is 36.5 Å². The van der Waals surface area contributed by atoms with Crippen LogP contribution in [-0.4, -0.2) is 42.0 Å². The number of halogens is 3. The Balaban J connectivity index is 1.64. The van der Waals surface area contributed by atoms with Crippen LogP contribution < -0.4 is 10.1 Å². The zero-order valence-corrected chi connectivity index (χ0v) is 16.2. The van der Waals surface area contributed by atoms with Crippen molar-refractivity contribution in [2.45, 2.75) is 37.0 Å². The highest BCUT2D eigenvalue weighted by Crippen LogP contribution is 2.40. The van der Waals surface area contributed by atoms with Gasteiger partial charge in [0.2, 0.25) is 5.91 Å². The summed E-state index contributed by atoms with van der Waals surface area (Å²) in [4.78, 5) is 18.8. The molecule has 0 aliphatic carbocycles. The van der Waals surface area contributed by atoms with Crippen LogP contribution in [-0.2, 0) is 11.0 Å². The van der Waals surface area contributed by atoms with Gasteiger partial charge >= 0.3 is 6.18 Å². The Kier molecular flexibility index (Phi) is 4.77. The van der Waals surface area contributed by atoms with Crippen LogP contribution >= 0.6 is 0 Å². The summed E-state index contributed by atoms with van der Waals surface area (Å²) in [6, 6.07) is 6.73. The van der Waals surface area contributed by atoms with Gasteiger partial charge in [-0.1, -0.05) is 12.1 Å². The molecule has 154 valence electrons. The van der Waals surface area contributed by atoms with E-state index in [-0.39, 0.29) is 11.9 Å². The van der Waals surface area contributed by atoms with Gasteiger partial charge in [0.15, 0.2) is 0 Å². The summed E-state index contributed by atoms with van der Waals surface area (Å²) in [5.74, 6) is 0.592. The second-order valence-corrected chi connectivity index (χ2v) is 7.68. The van der Waals surface area contributed by atoms with E-state index < -0.39 is 17.3 Å². The number of carbonyl (C=O) groups excluding carboxylic acids is 1. The second kappa shape index (κ2) is 7.02. The van der Waals surface area contributed by atoms with E-state index in [9.17, 15) is 18.0 Å². The fourth-order valence-corrected chi connectivity index (χ4v) is 4.27. The van der Waals surface area contributed by atoms with Crippen LogP contribution in [0, 0.1) is 0 Å². The molecule has 2 saturated heterocycles. The average Bonchev–Trinajstić information content (AvgIpc) is 3.27. The highest BCUT2D eigenvalue weighted by atomic mass is 19.4. The van der Waals surface area contributed by atoms with Crippen molar-refractivity contribution in [2.75, 3.05) is 20.7 Å². The Labute approximate surface area is 166 Å². The van der Waals surface area contributed by atoms with Crippen LogP contribution in [0.1, 0.15) is 36.6 Å². The summed E-state index contributed by atoms with van der Waals surface area (Å²) in [5, 5.41) is 3.46. The molecule has 2 aliphatic rings. The fraction of sp³-hybridized carbons (Fsp3) is 0.429. The zero-order valence-electron chi connectivity index (χ0n) is 16.2. The lowest BCUT2D eigenvalue weighted by molar-refractivity contribution is -0.137. The first-order chi connectivity index (χ1) is 13.7. The van der Waals surface area contributed by atoms with Gasteiger partial charge < -0.3 is 9.64 Å². The predicted molar refractivity (Wildman–Crippen MR) is 101 cm³/mol. The number of rotatable bonds is 3. The van der Waals surface area contributed by atoms with E-state index in [1.54, 1.807) is 18.1 Å². The lowest BCUT2D eigenvalue weighted by Crippen LogP contribution is -2.47. The molecule has 1 spiro atoms. The number of methoxy groups -OCH3 is 1. The number of alkyl halides is 3. The van der Waals surface area contributed by atoms with Crippen molar-refractivity contribution >= 4 is 5.91 Å². The van der Waals surface area contributed by atoms with Crippen molar-refractivity contribution in [3.05, 3.63) is 47.8 Å². The van der Waals surface area contributed by atoms with Gasteiger partial charge in [0.25, 0.3) is 0 Å². The molecular formula is C21H22F3N3O2. The maximum Gasteiger partial charge on any atom is 0.416 e. The molecule has 2 fully saturated rings. The number of likely N-dealkylation sites (tertiary alicyclic amines) is 1. The Bertz CT molecular complexity index is 930. The molecule has 1 N–H and O–H groups in total. The van der Waals surface area contributed by atoms with Crippen LogP contribution in [0.2, 0.25) is 0 Å². The van der Waals surface area contributed by atoms with Gasteiger partial charge in [-0.2, -0.15) is 13.2 Å². The van der Waals surface area contributed by atoms with Crippen molar-refractivity contribution < 1.29 is 22.7 Å². The van der Waals surface area contributed by atoms with Gasteiger partial charge in [0, 0.05) is 19.2 Å². The van der Waals surface area contributed by atoms with Gasteiger partial charge in [-0.05, 0) is 43.0 Å². The van der Waals surface area contributed by atoms with E-state index in [4.69, 9.17) is 4.74 Å². The number of benzene rings is 1. The quantitative estimate of drug-likeness (QED) is 0.844. The molecule has 29 heavy (non-hydrogen) atoms. The third-order valence-corrected chi connectivity index (χ3v) is 5.93. The number of pyridine rings is 1. The smallest absolute Gasteiger partial charge is 0.416 e. The molecule has 4 rings (SSSR count). The van der Waals surface area contributed by atoms with E-state index in [1.165, 1.54) is 19.2 Å². The molecule has 0 saturated carbocycles. The first-order valence-corrected chi connectivity index (χ1v) is 9.48. The number of nitrogens with zero attached hydrogens (tertiary/aromatic N) is 2. The van der Waals surface area contributed by atoms with E-state index in [0.29, 0.717) is 16.9 Å². The van der Waals surface area contributed by atoms with Crippen molar-refractivity contribution in [1.82, 2.24) is 15.2 Å². The van der Waals surface area contributed by atoms with Crippen LogP contribution in [0.5, 0.6) is 5.75 Å². The van der Waals surface area contributed by atoms with Crippen molar-refractivity contribution in [1.29, 1.82) is 0 Å².